The van der Waals surface area contributed by atoms with E-state index in [1.54, 1.807) is 0 Å². The summed E-state index contributed by atoms with van der Waals surface area (Å²) in [6.07, 6.45) is 2.14. The van der Waals surface area contributed by atoms with Crippen LogP contribution < -0.4 is 5.32 Å². The van der Waals surface area contributed by atoms with Gasteiger partial charge in [-0.2, -0.15) is 5.10 Å². The lowest BCUT2D eigenvalue weighted by molar-refractivity contribution is 0.719. The molecule has 0 amide bonds. The van der Waals surface area contributed by atoms with Gasteiger partial charge in [-0.1, -0.05) is 18.2 Å². The maximum atomic E-state index is 4.64. The summed E-state index contributed by atoms with van der Waals surface area (Å²) >= 11 is 0. The van der Waals surface area contributed by atoms with E-state index in [4.69, 9.17) is 0 Å². The molecule has 2 heterocycles. The van der Waals surface area contributed by atoms with Crippen molar-refractivity contribution >= 4 is 0 Å². The summed E-state index contributed by atoms with van der Waals surface area (Å²) in [6, 6.07) is 6.35. The zero-order chi connectivity index (χ0) is 11.1. The van der Waals surface area contributed by atoms with Gasteiger partial charge in [0.05, 0.1) is 11.4 Å². The molecule has 0 spiro atoms. The minimum atomic E-state index is 0.896. The first-order valence-electron chi connectivity index (χ1n) is 5.60. The van der Waals surface area contributed by atoms with Crippen LogP contribution in [0.2, 0.25) is 0 Å². The molecule has 0 saturated carbocycles. The minimum Gasteiger partial charge on any atom is -0.307 e. The zero-order valence-electron chi connectivity index (χ0n) is 9.62. The minimum absolute atomic E-state index is 0.896. The largest absolute Gasteiger partial charge is 0.307 e. The van der Waals surface area contributed by atoms with Crippen molar-refractivity contribution in [2.45, 2.75) is 26.9 Å². The van der Waals surface area contributed by atoms with Gasteiger partial charge in [-0.25, -0.2) is 4.68 Å². The van der Waals surface area contributed by atoms with Crippen molar-refractivity contribution in [2.75, 3.05) is 0 Å². The van der Waals surface area contributed by atoms with Gasteiger partial charge in [-0.3, -0.25) is 0 Å². The Morgan fingerprint density at radius 2 is 1.94 bits per heavy atom. The Bertz CT molecular complexity index is 498. The van der Waals surface area contributed by atoms with Crippen molar-refractivity contribution in [2.24, 2.45) is 0 Å². The number of benzene rings is 1. The number of aromatic nitrogens is 2. The van der Waals surface area contributed by atoms with Crippen molar-refractivity contribution in [3.8, 4) is 5.69 Å². The van der Waals surface area contributed by atoms with Gasteiger partial charge in [0.15, 0.2) is 0 Å². The van der Waals surface area contributed by atoms with Crippen LogP contribution in [-0.4, -0.2) is 9.78 Å². The third-order valence-electron chi connectivity index (χ3n) is 3.15. The number of hydrogen-bond donors (Lipinski definition) is 1. The maximum absolute atomic E-state index is 4.64. The molecule has 1 N–H and O–H groups in total. The van der Waals surface area contributed by atoms with E-state index in [1.807, 2.05) is 4.68 Å². The second kappa shape index (κ2) is 3.46. The summed E-state index contributed by atoms with van der Waals surface area (Å²) in [5.74, 6) is 0. The van der Waals surface area contributed by atoms with E-state index in [1.165, 1.54) is 28.1 Å². The van der Waals surface area contributed by atoms with Gasteiger partial charge in [0.1, 0.15) is 0 Å². The molecule has 0 fully saturated rings. The summed E-state index contributed by atoms with van der Waals surface area (Å²) in [7, 11) is 0. The molecule has 3 heteroatoms. The number of hydrogen-bond acceptors (Lipinski definition) is 2. The van der Waals surface area contributed by atoms with Crippen LogP contribution in [0.25, 0.3) is 5.69 Å². The predicted octanol–water partition coefficient (Wildman–Crippen LogP) is 2.09. The highest BCUT2D eigenvalue weighted by atomic mass is 15.3. The van der Waals surface area contributed by atoms with Gasteiger partial charge in [-0.05, 0) is 25.0 Å². The molecule has 0 bridgehead atoms. The van der Waals surface area contributed by atoms with Crippen LogP contribution in [0.5, 0.6) is 0 Å². The van der Waals surface area contributed by atoms with Crippen LogP contribution in [-0.2, 0) is 13.1 Å². The van der Waals surface area contributed by atoms with Gasteiger partial charge >= 0.3 is 0 Å². The summed E-state index contributed by atoms with van der Waals surface area (Å²) in [5.41, 5.74) is 6.27. The third-order valence-corrected chi connectivity index (χ3v) is 3.15. The van der Waals surface area contributed by atoms with Crippen LogP contribution in [0.3, 0.4) is 0 Å². The van der Waals surface area contributed by atoms with Crippen LogP contribution in [0.4, 0.5) is 0 Å². The number of fused-ring (bicyclic) bond motifs is 1. The molecule has 16 heavy (non-hydrogen) atoms. The van der Waals surface area contributed by atoms with Crippen molar-refractivity contribution in [1.82, 2.24) is 15.1 Å². The number of para-hydroxylation sites is 1. The Morgan fingerprint density at radius 3 is 2.62 bits per heavy atom. The summed E-state index contributed by atoms with van der Waals surface area (Å²) in [6.45, 7) is 6.11. The van der Waals surface area contributed by atoms with Crippen molar-refractivity contribution in [3.05, 3.63) is 46.8 Å². The molecule has 0 atom stereocenters. The zero-order valence-corrected chi connectivity index (χ0v) is 9.62. The fourth-order valence-electron chi connectivity index (χ4n) is 2.34. The highest BCUT2D eigenvalue weighted by Gasteiger charge is 2.16. The number of nitrogens with zero attached hydrogens (tertiary/aromatic N) is 2. The fraction of sp³-hybridized carbons (Fsp3) is 0.308. The van der Waals surface area contributed by atoms with E-state index in [0.717, 1.165) is 13.1 Å². The van der Waals surface area contributed by atoms with E-state index in [9.17, 15) is 0 Å². The monoisotopic (exact) mass is 213 g/mol. The van der Waals surface area contributed by atoms with Gasteiger partial charge in [-0.15, -0.1) is 0 Å². The first-order chi connectivity index (χ1) is 7.75. The summed E-state index contributed by atoms with van der Waals surface area (Å²) in [4.78, 5) is 0. The van der Waals surface area contributed by atoms with E-state index >= 15 is 0 Å². The number of rotatable bonds is 1. The molecule has 0 aliphatic carbocycles. The number of aryl methyl sites for hydroxylation is 2. The molecule has 1 aromatic carbocycles. The highest BCUT2D eigenvalue weighted by molar-refractivity contribution is 5.47. The lowest BCUT2D eigenvalue weighted by Gasteiger charge is -2.09. The van der Waals surface area contributed by atoms with Crippen LogP contribution in [0.1, 0.15) is 22.4 Å². The average Bonchev–Trinajstić information content (AvgIpc) is 2.77. The standard InChI is InChI=1S/C13H15N3/c1-9-4-3-5-10(2)13(9)16-8-11-6-14-7-12(11)15-16/h3-5,8,14H,6-7H2,1-2H3. The first-order valence-corrected chi connectivity index (χ1v) is 5.60. The lowest BCUT2D eigenvalue weighted by Crippen LogP contribution is -2.06. The normalized spacial score (nSPS) is 14.1. The summed E-state index contributed by atoms with van der Waals surface area (Å²) < 4.78 is 2.02. The molecule has 1 aliphatic rings. The van der Waals surface area contributed by atoms with E-state index in [-0.39, 0.29) is 0 Å². The fourth-order valence-corrected chi connectivity index (χ4v) is 2.34. The molecular formula is C13H15N3. The molecule has 2 aromatic rings. The Balaban J connectivity index is 2.15. The van der Waals surface area contributed by atoms with Gasteiger partial charge < -0.3 is 5.32 Å². The lowest BCUT2D eigenvalue weighted by atomic mass is 10.1. The van der Waals surface area contributed by atoms with Crippen molar-refractivity contribution in [3.63, 3.8) is 0 Å². The van der Waals surface area contributed by atoms with E-state index in [0.29, 0.717) is 0 Å². The molecule has 3 rings (SSSR count). The van der Waals surface area contributed by atoms with Gasteiger partial charge in [0, 0.05) is 24.8 Å². The Morgan fingerprint density at radius 1 is 1.19 bits per heavy atom. The predicted molar refractivity (Wildman–Crippen MR) is 63.6 cm³/mol. The summed E-state index contributed by atoms with van der Waals surface area (Å²) in [5, 5.41) is 7.94. The van der Waals surface area contributed by atoms with Crippen LogP contribution in [0.15, 0.2) is 24.4 Å². The molecule has 0 unspecified atom stereocenters. The van der Waals surface area contributed by atoms with Crippen LogP contribution >= 0.6 is 0 Å². The SMILES string of the molecule is Cc1cccc(C)c1-n1cc2c(n1)CNC2. The second-order valence-electron chi connectivity index (χ2n) is 4.39. The Labute approximate surface area is 95.1 Å². The molecule has 0 saturated heterocycles. The Hall–Kier alpha value is -1.61. The van der Waals surface area contributed by atoms with Crippen LogP contribution in [0, 0.1) is 13.8 Å². The maximum Gasteiger partial charge on any atom is 0.0811 e. The molecular weight excluding hydrogens is 198 g/mol. The average molecular weight is 213 g/mol. The van der Waals surface area contributed by atoms with Crippen molar-refractivity contribution in [1.29, 1.82) is 0 Å². The van der Waals surface area contributed by atoms with Crippen molar-refractivity contribution < 1.29 is 0 Å². The molecule has 82 valence electrons. The van der Waals surface area contributed by atoms with Gasteiger partial charge in [0.25, 0.3) is 0 Å². The van der Waals surface area contributed by atoms with E-state index < -0.39 is 0 Å². The highest BCUT2D eigenvalue weighted by Crippen LogP contribution is 2.21. The Kier molecular flexibility index (Phi) is 2.07. The molecule has 1 aromatic heterocycles. The smallest absolute Gasteiger partial charge is 0.0811 e. The molecule has 3 nitrogen and oxygen atoms in total. The third kappa shape index (κ3) is 1.36. The molecule has 1 aliphatic heterocycles. The second-order valence-corrected chi connectivity index (χ2v) is 4.39. The first kappa shape index (κ1) is 9.60. The quantitative estimate of drug-likeness (QED) is 0.786. The topological polar surface area (TPSA) is 29.9 Å². The van der Waals surface area contributed by atoms with Gasteiger partial charge in [0.2, 0.25) is 0 Å². The van der Waals surface area contributed by atoms with E-state index in [2.05, 4.69) is 48.7 Å². The molecule has 0 radical (unpaired) electrons. The number of nitrogens with one attached hydrogen (secondary N) is 1.